The number of benzene rings is 2. The van der Waals surface area contributed by atoms with E-state index in [2.05, 4.69) is 5.32 Å². The number of hydrogen-bond acceptors (Lipinski definition) is 2. The number of carbonyl (C=O) groups is 1. The molecule has 0 aliphatic heterocycles. The van der Waals surface area contributed by atoms with E-state index in [1.165, 1.54) is 6.07 Å². The minimum Gasteiger partial charge on any atom is -0.330 e. The van der Waals surface area contributed by atoms with Crippen molar-refractivity contribution in [1.82, 2.24) is 0 Å². The van der Waals surface area contributed by atoms with Gasteiger partial charge in [-0.2, -0.15) is 0 Å². The van der Waals surface area contributed by atoms with Crippen molar-refractivity contribution in [1.29, 1.82) is 0 Å². The van der Waals surface area contributed by atoms with Gasteiger partial charge in [-0.15, -0.1) is 0 Å². The standard InChI is InChI=1S/C15H14F2N2O/c16-11-5-6-14(13(17)9-11)19-15(20)12-4-2-1-3-10(12)7-8-18/h1-6,9H,7-8,18H2,(H,19,20). The molecule has 20 heavy (non-hydrogen) atoms. The SMILES string of the molecule is NCCc1ccccc1C(=O)Nc1ccc(F)cc1F. The molecule has 0 spiro atoms. The Balaban J connectivity index is 2.24. The maximum atomic E-state index is 13.5. The van der Waals surface area contributed by atoms with E-state index in [-0.39, 0.29) is 5.69 Å². The van der Waals surface area contributed by atoms with Gasteiger partial charge in [-0.25, -0.2) is 8.78 Å². The molecule has 5 heteroatoms. The van der Waals surface area contributed by atoms with Crippen molar-refractivity contribution in [2.45, 2.75) is 6.42 Å². The van der Waals surface area contributed by atoms with E-state index in [0.717, 1.165) is 17.7 Å². The zero-order valence-electron chi connectivity index (χ0n) is 10.7. The molecule has 104 valence electrons. The Morgan fingerprint density at radius 1 is 1.15 bits per heavy atom. The molecule has 0 radical (unpaired) electrons. The first-order valence-electron chi connectivity index (χ1n) is 6.16. The van der Waals surface area contributed by atoms with E-state index < -0.39 is 17.5 Å². The lowest BCUT2D eigenvalue weighted by atomic mass is 10.0. The van der Waals surface area contributed by atoms with Crippen LogP contribution < -0.4 is 11.1 Å². The molecule has 0 unspecified atom stereocenters. The van der Waals surface area contributed by atoms with E-state index in [1.54, 1.807) is 24.3 Å². The van der Waals surface area contributed by atoms with Crippen LogP contribution in [0.3, 0.4) is 0 Å². The summed E-state index contributed by atoms with van der Waals surface area (Å²) < 4.78 is 26.3. The zero-order chi connectivity index (χ0) is 14.5. The molecule has 2 aromatic rings. The first kappa shape index (κ1) is 14.1. The maximum absolute atomic E-state index is 13.5. The Kier molecular flexibility index (Phi) is 4.42. The summed E-state index contributed by atoms with van der Waals surface area (Å²) in [5.41, 5.74) is 6.65. The average Bonchev–Trinajstić information content (AvgIpc) is 2.43. The minimum atomic E-state index is -0.811. The number of anilines is 1. The third-order valence-corrected chi connectivity index (χ3v) is 2.85. The molecule has 0 atom stereocenters. The Labute approximate surface area is 115 Å². The summed E-state index contributed by atoms with van der Waals surface area (Å²) in [7, 11) is 0. The van der Waals surface area contributed by atoms with Crippen LogP contribution in [0.4, 0.5) is 14.5 Å². The van der Waals surface area contributed by atoms with Crippen molar-refractivity contribution >= 4 is 11.6 Å². The van der Waals surface area contributed by atoms with Crippen molar-refractivity contribution in [3.05, 3.63) is 65.2 Å². The lowest BCUT2D eigenvalue weighted by molar-refractivity contribution is 0.102. The van der Waals surface area contributed by atoms with E-state index in [0.29, 0.717) is 18.5 Å². The number of nitrogens with two attached hydrogens (primary N) is 1. The van der Waals surface area contributed by atoms with Crippen LogP contribution in [-0.2, 0) is 6.42 Å². The summed E-state index contributed by atoms with van der Waals surface area (Å²) >= 11 is 0. The van der Waals surface area contributed by atoms with Gasteiger partial charge in [0.25, 0.3) is 5.91 Å². The van der Waals surface area contributed by atoms with Gasteiger partial charge in [0.15, 0.2) is 0 Å². The predicted molar refractivity (Wildman–Crippen MR) is 73.5 cm³/mol. The van der Waals surface area contributed by atoms with Crippen molar-refractivity contribution in [2.24, 2.45) is 5.73 Å². The van der Waals surface area contributed by atoms with E-state index >= 15 is 0 Å². The van der Waals surface area contributed by atoms with Crippen LogP contribution in [0.25, 0.3) is 0 Å². The smallest absolute Gasteiger partial charge is 0.256 e. The highest BCUT2D eigenvalue weighted by molar-refractivity contribution is 6.05. The maximum Gasteiger partial charge on any atom is 0.256 e. The third kappa shape index (κ3) is 3.19. The lowest BCUT2D eigenvalue weighted by Gasteiger charge is -2.10. The van der Waals surface area contributed by atoms with Crippen molar-refractivity contribution < 1.29 is 13.6 Å². The van der Waals surface area contributed by atoms with Gasteiger partial charge >= 0.3 is 0 Å². The Morgan fingerprint density at radius 3 is 2.60 bits per heavy atom. The van der Waals surface area contributed by atoms with Gasteiger partial charge in [0.1, 0.15) is 11.6 Å². The van der Waals surface area contributed by atoms with E-state index in [4.69, 9.17) is 5.73 Å². The monoisotopic (exact) mass is 276 g/mol. The fourth-order valence-electron chi connectivity index (χ4n) is 1.90. The molecular weight excluding hydrogens is 262 g/mol. The number of nitrogens with one attached hydrogen (secondary N) is 1. The molecule has 0 fully saturated rings. The van der Waals surface area contributed by atoms with E-state index in [1.807, 2.05) is 0 Å². The van der Waals surface area contributed by atoms with Crippen molar-refractivity contribution in [2.75, 3.05) is 11.9 Å². The third-order valence-electron chi connectivity index (χ3n) is 2.85. The fraction of sp³-hybridized carbons (Fsp3) is 0.133. The van der Waals surface area contributed by atoms with Crippen molar-refractivity contribution in [3.8, 4) is 0 Å². The second-order valence-electron chi connectivity index (χ2n) is 4.27. The first-order valence-corrected chi connectivity index (χ1v) is 6.16. The molecule has 1 amide bonds. The molecule has 2 rings (SSSR count). The molecule has 0 aromatic heterocycles. The summed E-state index contributed by atoms with van der Waals surface area (Å²) in [5.74, 6) is -1.95. The van der Waals surface area contributed by atoms with E-state index in [9.17, 15) is 13.6 Å². The minimum absolute atomic E-state index is 0.0565. The molecule has 0 bridgehead atoms. The van der Waals surface area contributed by atoms with Gasteiger partial charge in [-0.3, -0.25) is 4.79 Å². The highest BCUT2D eigenvalue weighted by Crippen LogP contribution is 2.17. The van der Waals surface area contributed by atoms with Crippen LogP contribution in [0.15, 0.2) is 42.5 Å². The van der Waals surface area contributed by atoms with Gasteiger partial charge in [-0.1, -0.05) is 18.2 Å². The van der Waals surface area contributed by atoms with Crippen molar-refractivity contribution in [3.63, 3.8) is 0 Å². The first-order chi connectivity index (χ1) is 9.61. The summed E-state index contributed by atoms with van der Waals surface area (Å²) in [6.07, 6.45) is 0.551. The normalized spacial score (nSPS) is 10.3. The number of halogens is 2. The fourth-order valence-corrected chi connectivity index (χ4v) is 1.90. The second-order valence-corrected chi connectivity index (χ2v) is 4.27. The summed E-state index contributed by atoms with van der Waals surface area (Å²) in [6, 6.07) is 9.96. The molecule has 0 aliphatic rings. The quantitative estimate of drug-likeness (QED) is 0.902. The molecular formula is C15H14F2N2O. The molecule has 0 saturated carbocycles. The van der Waals surface area contributed by atoms with Crippen LogP contribution >= 0.6 is 0 Å². The molecule has 0 heterocycles. The number of hydrogen-bond donors (Lipinski definition) is 2. The van der Waals surface area contributed by atoms with Gasteiger partial charge in [0.05, 0.1) is 5.69 Å². The highest BCUT2D eigenvalue weighted by Gasteiger charge is 2.13. The summed E-state index contributed by atoms with van der Waals surface area (Å²) in [4.78, 5) is 12.1. The molecule has 0 saturated heterocycles. The highest BCUT2D eigenvalue weighted by atomic mass is 19.1. The van der Waals surface area contributed by atoms with Crippen LogP contribution in [0.1, 0.15) is 15.9 Å². The largest absolute Gasteiger partial charge is 0.330 e. The predicted octanol–water partition coefficient (Wildman–Crippen LogP) is 2.72. The van der Waals surface area contributed by atoms with Gasteiger partial charge in [0.2, 0.25) is 0 Å². The van der Waals surface area contributed by atoms with Crippen LogP contribution in [-0.4, -0.2) is 12.5 Å². The molecule has 0 aliphatic carbocycles. The molecule has 2 aromatic carbocycles. The second kappa shape index (κ2) is 6.25. The van der Waals surface area contributed by atoms with Gasteiger partial charge < -0.3 is 11.1 Å². The van der Waals surface area contributed by atoms with Crippen LogP contribution in [0, 0.1) is 11.6 Å². The number of amides is 1. The zero-order valence-corrected chi connectivity index (χ0v) is 10.7. The lowest BCUT2D eigenvalue weighted by Crippen LogP contribution is -2.16. The Bertz CT molecular complexity index is 629. The van der Waals surface area contributed by atoms with Gasteiger partial charge in [0, 0.05) is 11.6 Å². The topological polar surface area (TPSA) is 55.1 Å². The number of rotatable bonds is 4. The van der Waals surface area contributed by atoms with Gasteiger partial charge in [-0.05, 0) is 36.7 Å². The van der Waals surface area contributed by atoms with Crippen LogP contribution in [0.2, 0.25) is 0 Å². The summed E-state index contributed by atoms with van der Waals surface area (Å²) in [5, 5.41) is 2.43. The number of carbonyl (C=O) groups excluding carboxylic acids is 1. The molecule has 3 nitrogen and oxygen atoms in total. The summed E-state index contributed by atoms with van der Waals surface area (Å²) in [6.45, 7) is 0.412. The van der Waals surface area contributed by atoms with Crippen LogP contribution in [0.5, 0.6) is 0 Å². The average molecular weight is 276 g/mol. The molecule has 3 N–H and O–H groups in total. The Morgan fingerprint density at radius 2 is 1.90 bits per heavy atom. The Hall–Kier alpha value is -2.27.